The fraction of sp³-hybridized carbons (Fsp3) is 0.375. The molecule has 0 aliphatic carbocycles. The number of hydrogen-bond donors (Lipinski definition) is 2. The van der Waals surface area contributed by atoms with Crippen molar-refractivity contribution in [1.82, 2.24) is 9.88 Å². The van der Waals surface area contributed by atoms with Gasteiger partial charge in [0.25, 0.3) is 0 Å². The summed E-state index contributed by atoms with van der Waals surface area (Å²) in [5, 5.41) is 12.8. The van der Waals surface area contributed by atoms with Gasteiger partial charge in [-0.25, -0.2) is 0 Å². The SMILES string of the molecule is CC(CCc1ccc(O)cc1)NCc1cccn1C. The minimum absolute atomic E-state index is 0.332. The minimum atomic E-state index is 0.332. The maximum absolute atomic E-state index is 9.24. The van der Waals surface area contributed by atoms with Crippen LogP contribution in [0.1, 0.15) is 24.6 Å². The molecule has 2 aromatic rings. The maximum Gasteiger partial charge on any atom is 0.115 e. The van der Waals surface area contributed by atoms with E-state index in [1.54, 1.807) is 12.1 Å². The van der Waals surface area contributed by atoms with Crippen LogP contribution in [0.2, 0.25) is 0 Å². The molecule has 0 radical (unpaired) electrons. The molecule has 1 aromatic heterocycles. The van der Waals surface area contributed by atoms with E-state index in [2.05, 4.69) is 42.2 Å². The molecule has 0 aliphatic rings. The average Bonchev–Trinajstić information content (AvgIpc) is 2.81. The number of nitrogens with one attached hydrogen (secondary N) is 1. The smallest absolute Gasteiger partial charge is 0.115 e. The summed E-state index contributed by atoms with van der Waals surface area (Å²) in [6.07, 6.45) is 4.19. The predicted molar refractivity (Wildman–Crippen MR) is 78.1 cm³/mol. The fourth-order valence-corrected chi connectivity index (χ4v) is 2.11. The van der Waals surface area contributed by atoms with Gasteiger partial charge in [0.1, 0.15) is 5.75 Å². The highest BCUT2D eigenvalue weighted by Crippen LogP contribution is 2.12. The van der Waals surface area contributed by atoms with E-state index in [0.29, 0.717) is 11.8 Å². The molecule has 3 heteroatoms. The zero-order valence-corrected chi connectivity index (χ0v) is 11.6. The number of nitrogens with zero attached hydrogens (tertiary/aromatic N) is 1. The summed E-state index contributed by atoms with van der Waals surface area (Å²) in [6, 6.07) is 12.1. The summed E-state index contributed by atoms with van der Waals surface area (Å²) in [5.41, 5.74) is 2.57. The number of phenols is 1. The van der Waals surface area contributed by atoms with Gasteiger partial charge in [0.15, 0.2) is 0 Å². The summed E-state index contributed by atoms with van der Waals surface area (Å²) in [7, 11) is 2.07. The second-order valence-corrected chi connectivity index (χ2v) is 5.10. The first-order valence-corrected chi connectivity index (χ1v) is 6.76. The fourth-order valence-electron chi connectivity index (χ4n) is 2.11. The Hall–Kier alpha value is -1.74. The lowest BCUT2D eigenvalue weighted by molar-refractivity contribution is 0.474. The van der Waals surface area contributed by atoms with E-state index in [1.165, 1.54) is 11.3 Å². The van der Waals surface area contributed by atoms with Crippen molar-refractivity contribution in [2.45, 2.75) is 32.4 Å². The molecule has 0 bridgehead atoms. The highest BCUT2D eigenvalue weighted by Gasteiger charge is 2.04. The summed E-state index contributed by atoms with van der Waals surface area (Å²) >= 11 is 0. The Morgan fingerprint density at radius 2 is 1.95 bits per heavy atom. The molecule has 1 heterocycles. The Morgan fingerprint density at radius 3 is 2.58 bits per heavy atom. The van der Waals surface area contributed by atoms with Crippen molar-refractivity contribution >= 4 is 0 Å². The van der Waals surface area contributed by atoms with Crippen LogP contribution in [-0.4, -0.2) is 15.7 Å². The van der Waals surface area contributed by atoms with Gasteiger partial charge < -0.3 is 15.0 Å². The molecule has 3 nitrogen and oxygen atoms in total. The van der Waals surface area contributed by atoms with E-state index in [-0.39, 0.29) is 0 Å². The number of aryl methyl sites for hydroxylation is 2. The van der Waals surface area contributed by atoms with Crippen LogP contribution in [0, 0.1) is 0 Å². The summed E-state index contributed by atoms with van der Waals surface area (Å²) in [6.45, 7) is 3.11. The molecular weight excluding hydrogens is 236 g/mol. The monoisotopic (exact) mass is 258 g/mol. The van der Waals surface area contributed by atoms with Crippen molar-refractivity contribution in [3.63, 3.8) is 0 Å². The number of rotatable bonds is 6. The number of benzene rings is 1. The van der Waals surface area contributed by atoms with Gasteiger partial charge in [-0.2, -0.15) is 0 Å². The third-order valence-electron chi connectivity index (χ3n) is 3.49. The molecule has 1 aromatic carbocycles. The van der Waals surface area contributed by atoms with Crippen LogP contribution in [0.25, 0.3) is 0 Å². The Bertz CT molecular complexity index is 502. The molecule has 0 spiro atoms. The standard InChI is InChI=1S/C16H22N2O/c1-13(17-12-15-4-3-11-18(15)2)5-6-14-7-9-16(19)10-8-14/h3-4,7-11,13,17,19H,5-6,12H2,1-2H3. The van der Waals surface area contributed by atoms with Gasteiger partial charge in [-0.15, -0.1) is 0 Å². The first-order chi connectivity index (χ1) is 9.15. The number of phenolic OH excluding ortho intramolecular Hbond substituents is 1. The van der Waals surface area contributed by atoms with Gasteiger partial charge in [0.05, 0.1) is 0 Å². The van der Waals surface area contributed by atoms with Crippen molar-refractivity contribution in [2.75, 3.05) is 0 Å². The van der Waals surface area contributed by atoms with Crippen LogP contribution in [0.4, 0.5) is 0 Å². The Morgan fingerprint density at radius 1 is 1.21 bits per heavy atom. The minimum Gasteiger partial charge on any atom is -0.508 e. The normalized spacial score (nSPS) is 12.5. The van der Waals surface area contributed by atoms with Crippen LogP contribution in [0.5, 0.6) is 5.75 Å². The van der Waals surface area contributed by atoms with Gasteiger partial charge in [-0.1, -0.05) is 12.1 Å². The van der Waals surface area contributed by atoms with Gasteiger partial charge in [-0.05, 0) is 49.6 Å². The second-order valence-electron chi connectivity index (χ2n) is 5.10. The number of aromatic hydroxyl groups is 1. The molecule has 2 N–H and O–H groups in total. The molecule has 0 saturated carbocycles. The summed E-state index contributed by atoms with van der Waals surface area (Å²) in [5.74, 6) is 0.332. The Labute approximate surface area is 114 Å². The molecule has 1 atom stereocenters. The molecule has 2 rings (SSSR count). The van der Waals surface area contributed by atoms with Crippen molar-refractivity contribution in [3.05, 3.63) is 53.9 Å². The number of aromatic nitrogens is 1. The lowest BCUT2D eigenvalue weighted by Gasteiger charge is -2.14. The molecule has 1 unspecified atom stereocenters. The number of hydrogen-bond acceptors (Lipinski definition) is 2. The topological polar surface area (TPSA) is 37.2 Å². The van der Waals surface area contributed by atoms with Crippen LogP contribution in [0.3, 0.4) is 0 Å². The lowest BCUT2D eigenvalue weighted by Crippen LogP contribution is -2.26. The van der Waals surface area contributed by atoms with Gasteiger partial charge in [-0.3, -0.25) is 0 Å². The first-order valence-electron chi connectivity index (χ1n) is 6.76. The predicted octanol–water partition coefficient (Wildman–Crippen LogP) is 2.84. The van der Waals surface area contributed by atoms with Crippen LogP contribution < -0.4 is 5.32 Å². The van der Waals surface area contributed by atoms with E-state index in [4.69, 9.17) is 0 Å². The van der Waals surface area contributed by atoms with Crippen molar-refractivity contribution < 1.29 is 5.11 Å². The van der Waals surface area contributed by atoms with E-state index < -0.39 is 0 Å². The quantitative estimate of drug-likeness (QED) is 0.836. The van der Waals surface area contributed by atoms with Crippen LogP contribution >= 0.6 is 0 Å². The largest absolute Gasteiger partial charge is 0.508 e. The van der Waals surface area contributed by atoms with Crippen LogP contribution in [0.15, 0.2) is 42.6 Å². The molecule has 19 heavy (non-hydrogen) atoms. The van der Waals surface area contributed by atoms with E-state index in [9.17, 15) is 5.11 Å². The van der Waals surface area contributed by atoms with Gasteiger partial charge in [0, 0.05) is 31.5 Å². The Balaban J connectivity index is 1.74. The average molecular weight is 258 g/mol. The summed E-state index contributed by atoms with van der Waals surface area (Å²) < 4.78 is 2.14. The zero-order chi connectivity index (χ0) is 13.7. The third-order valence-corrected chi connectivity index (χ3v) is 3.49. The molecule has 0 aliphatic heterocycles. The third kappa shape index (κ3) is 4.14. The van der Waals surface area contributed by atoms with E-state index in [1.807, 2.05) is 12.1 Å². The summed E-state index contributed by atoms with van der Waals surface area (Å²) in [4.78, 5) is 0. The highest BCUT2D eigenvalue weighted by atomic mass is 16.3. The second kappa shape index (κ2) is 6.43. The molecule has 0 amide bonds. The van der Waals surface area contributed by atoms with Crippen molar-refractivity contribution in [2.24, 2.45) is 7.05 Å². The van der Waals surface area contributed by atoms with E-state index >= 15 is 0 Å². The molecule has 102 valence electrons. The highest BCUT2D eigenvalue weighted by molar-refractivity contribution is 5.25. The van der Waals surface area contributed by atoms with Crippen molar-refractivity contribution in [3.8, 4) is 5.75 Å². The first kappa shape index (κ1) is 13.7. The zero-order valence-electron chi connectivity index (χ0n) is 11.6. The van der Waals surface area contributed by atoms with Crippen molar-refractivity contribution in [1.29, 1.82) is 0 Å². The maximum atomic E-state index is 9.24. The molecular formula is C16H22N2O. The lowest BCUT2D eigenvalue weighted by atomic mass is 10.1. The molecule has 0 fully saturated rings. The van der Waals surface area contributed by atoms with E-state index in [0.717, 1.165) is 19.4 Å². The molecule has 0 saturated heterocycles. The Kier molecular flexibility index (Phi) is 4.63. The van der Waals surface area contributed by atoms with Crippen LogP contribution in [-0.2, 0) is 20.0 Å². The van der Waals surface area contributed by atoms with Gasteiger partial charge in [0.2, 0.25) is 0 Å². The van der Waals surface area contributed by atoms with Gasteiger partial charge >= 0.3 is 0 Å².